The minimum Gasteiger partial charge on any atom is -0.394 e. The van der Waals surface area contributed by atoms with Crippen molar-refractivity contribution < 1.29 is 10.2 Å². The van der Waals surface area contributed by atoms with E-state index in [4.69, 9.17) is 0 Å². The summed E-state index contributed by atoms with van der Waals surface area (Å²) in [5.74, 6) is 0.541. The molecule has 2 aromatic carbocycles. The molecule has 150 valence electrons. The van der Waals surface area contributed by atoms with Crippen molar-refractivity contribution >= 4 is 11.8 Å². The van der Waals surface area contributed by atoms with E-state index in [1.807, 2.05) is 12.2 Å². The van der Waals surface area contributed by atoms with Gasteiger partial charge in [-0.3, -0.25) is 0 Å². The number of aliphatic hydroxyl groups is 2. The Morgan fingerprint density at radius 2 is 1.72 bits per heavy atom. The average molecular weight is 389 g/mol. The van der Waals surface area contributed by atoms with Crippen molar-refractivity contribution in [3.05, 3.63) is 78.4 Å². The molecule has 0 amide bonds. The molecule has 1 unspecified atom stereocenters. The Hall–Kier alpha value is -2.89. The van der Waals surface area contributed by atoms with Gasteiger partial charge in [0.25, 0.3) is 0 Å². The topological polar surface area (TPSA) is 70.3 Å². The molecule has 1 heterocycles. The maximum Gasteiger partial charge on any atom is 0.135 e. The van der Waals surface area contributed by atoms with Gasteiger partial charge in [0.2, 0.25) is 0 Å². The maximum absolute atomic E-state index is 9.70. The van der Waals surface area contributed by atoms with Crippen LogP contribution in [0.4, 0.5) is 5.69 Å². The zero-order chi connectivity index (χ0) is 20.1. The van der Waals surface area contributed by atoms with Crippen molar-refractivity contribution in [3.8, 4) is 11.1 Å². The van der Waals surface area contributed by atoms with Gasteiger partial charge in [0.1, 0.15) is 12.4 Å². The summed E-state index contributed by atoms with van der Waals surface area (Å²) in [6.45, 7) is -0.208. The third kappa shape index (κ3) is 4.58. The van der Waals surface area contributed by atoms with Crippen LogP contribution in [0.1, 0.15) is 36.7 Å². The second kappa shape index (κ2) is 9.07. The van der Waals surface area contributed by atoms with E-state index in [9.17, 15) is 10.2 Å². The third-order valence-electron chi connectivity index (χ3n) is 5.55. The molecule has 0 saturated heterocycles. The number of anilines is 1. The number of benzene rings is 2. The second-order valence-electron chi connectivity index (χ2n) is 7.49. The van der Waals surface area contributed by atoms with Crippen LogP contribution in [0.5, 0.6) is 0 Å². The van der Waals surface area contributed by atoms with Crippen molar-refractivity contribution in [1.82, 2.24) is 9.55 Å². The first-order chi connectivity index (χ1) is 14.3. The molecule has 1 aliphatic rings. The number of nitrogens with one attached hydrogen (secondary N) is 1. The van der Waals surface area contributed by atoms with E-state index in [0.29, 0.717) is 11.9 Å². The monoisotopic (exact) mass is 389 g/mol. The molecule has 3 N–H and O–H groups in total. The molecule has 1 saturated carbocycles. The molecule has 5 heteroatoms. The number of hydrogen-bond acceptors (Lipinski definition) is 4. The van der Waals surface area contributed by atoms with Crippen LogP contribution in [0.2, 0.25) is 0 Å². The van der Waals surface area contributed by atoms with Crippen LogP contribution in [0.25, 0.3) is 17.2 Å². The fraction of sp³-hybridized carbons (Fsp3) is 0.292. The molecule has 1 aliphatic carbocycles. The Morgan fingerprint density at radius 1 is 1.03 bits per heavy atom. The minimum absolute atomic E-state index is 0.0564. The molecule has 1 atom stereocenters. The molecule has 4 rings (SSSR count). The fourth-order valence-corrected chi connectivity index (χ4v) is 3.57. The molecule has 0 spiro atoms. The predicted molar refractivity (Wildman–Crippen MR) is 116 cm³/mol. The van der Waals surface area contributed by atoms with E-state index in [1.165, 1.54) is 36.1 Å². The lowest BCUT2D eigenvalue weighted by Gasteiger charge is -2.27. The Kier molecular flexibility index (Phi) is 6.08. The van der Waals surface area contributed by atoms with Crippen LogP contribution in [0, 0.1) is 0 Å². The zero-order valence-electron chi connectivity index (χ0n) is 16.4. The van der Waals surface area contributed by atoms with Gasteiger partial charge in [-0.25, -0.2) is 4.98 Å². The summed E-state index contributed by atoms with van der Waals surface area (Å²) in [6.07, 6.45) is 11.2. The van der Waals surface area contributed by atoms with Crippen LogP contribution in [-0.2, 0) is 6.61 Å². The SMILES string of the molecule is OCc1nccn1C(/C=C/c1ccc(-c2ccc(NC3CCC3)cc2)cc1)CO. The fourth-order valence-electron chi connectivity index (χ4n) is 3.57. The number of aromatic nitrogens is 2. The molecule has 5 nitrogen and oxygen atoms in total. The van der Waals surface area contributed by atoms with Crippen LogP contribution in [0.3, 0.4) is 0 Å². The van der Waals surface area contributed by atoms with Gasteiger partial charge < -0.3 is 20.1 Å². The lowest BCUT2D eigenvalue weighted by molar-refractivity contribution is 0.232. The van der Waals surface area contributed by atoms with Crippen LogP contribution >= 0.6 is 0 Å². The van der Waals surface area contributed by atoms with E-state index in [0.717, 1.165) is 5.56 Å². The van der Waals surface area contributed by atoms with Gasteiger partial charge in [0.15, 0.2) is 0 Å². The van der Waals surface area contributed by atoms with E-state index in [-0.39, 0.29) is 19.3 Å². The zero-order valence-corrected chi connectivity index (χ0v) is 16.4. The lowest BCUT2D eigenvalue weighted by Crippen LogP contribution is -2.26. The third-order valence-corrected chi connectivity index (χ3v) is 5.55. The molecular weight excluding hydrogens is 362 g/mol. The molecular formula is C24H27N3O2. The normalized spacial score (nSPS) is 15.4. The van der Waals surface area contributed by atoms with Crippen molar-refractivity contribution in [2.45, 2.75) is 38.0 Å². The number of aliphatic hydroxyl groups excluding tert-OH is 2. The predicted octanol–water partition coefficient (Wildman–Crippen LogP) is 4.25. The van der Waals surface area contributed by atoms with Gasteiger partial charge >= 0.3 is 0 Å². The maximum atomic E-state index is 9.70. The molecule has 0 bridgehead atoms. The highest BCUT2D eigenvalue weighted by Gasteiger charge is 2.16. The highest BCUT2D eigenvalue weighted by atomic mass is 16.3. The van der Waals surface area contributed by atoms with E-state index in [1.54, 1.807) is 17.0 Å². The molecule has 1 aromatic heterocycles. The number of rotatable bonds is 8. The Balaban J connectivity index is 1.42. The summed E-state index contributed by atoms with van der Waals surface area (Å²) in [4.78, 5) is 4.10. The van der Waals surface area contributed by atoms with Gasteiger partial charge in [-0.05, 0) is 48.1 Å². The van der Waals surface area contributed by atoms with Crippen LogP contribution < -0.4 is 5.32 Å². The average Bonchev–Trinajstić information content (AvgIpc) is 3.21. The van der Waals surface area contributed by atoms with Crippen LogP contribution in [0.15, 0.2) is 67.0 Å². The summed E-state index contributed by atoms with van der Waals surface area (Å²) >= 11 is 0. The van der Waals surface area contributed by atoms with E-state index < -0.39 is 0 Å². The highest BCUT2D eigenvalue weighted by molar-refractivity contribution is 5.68. The molecule has 1 fully saturated rings. The Morgan fingerprint density at radius 3 is 2.31 bits per heavy atom. The van der Waals surface area contributed by atoms with Gasteiger partial charge in [-0.1, -0.05) is 48.6 Å². The molecule has 3 aromatic rings. The summed E-state index contributed by atoms with van der Waals surface area (Å²) in [5.41, 5.74) is 4.61. The van der Waals surface area contributed by atoms with Crippen LogP contribution in [-0.4, -0.2) is 32.4 Å². The van der Waals surface area contributed by atoms with E-state index >= 15 is 0 Å². The van der Waals surface area contributed by atoms with Gasteiger partial charge in [0.05, 0.1) is 12.6 Å². The standard InChI is InChI=1S/C24H27N3O2/c28-16-23(27-15-14-25-24(27)17-29)13-6-18-4-7-19(8-5-18)20-9-11-22(12-10-20)26-21-2-1-3-21/h4-15,21,23,26,28-29H,1-3,16-17H2/b13-6+. The van der Waals surface area contributed by atoms with Gasteiger partial charge in [-0.2, -0.15) is 0 Å². The number of imidazole rings is 1. The number of hydrogen-bond donors (Lipinski definition) is 3. The lowest BCUT2D eigenvalue weighted by atomic mass is 9.93. The first kappa shape index (κ1) is 19.4. The first-order valence-electron chi connectivity index (χ1n) is 10.2. The molecule has 29 heavy (non-hydrogen) atoms. The Labute approximate surface area is 171 Å². The largest absolute Gasteiger partial charge is 0.394 e. The number of nitrogens with zero attached hydrogens (tertiary/aromatic N) is 2. The summed E-state index contributed by atoms with van der Waals surface area (Å²) < 4.78 is 1.78. The van der Waals surface area contributed by atoms with Gasteiger partial charge in [0, 0.05) is 24.1 Å². The summed E-state index contributed by atoms with van der Waals surface area (Å²) in [6, 6.07) is 17.4. The summed E-state index contributed by atoms with van der Waals surface area (Å²) in [7, 11) is 0. The van der Waals surface area contributed by atoms with Crippen molar-refractivity contribution in [2.24, 2.45) is 0 Å². The Bertz CT molecular complexity index is 941. The quantitative estimate of drug-likeness (QED) is 0.539. The molecule has 0 aliphatic heterocycles. The first-order valence-corrected chi connectivity index (χ1v) is 10.2. The molecule has 0 radical (unpaired) electrons. The van der Waals surface area contributed by atoms with Gasteiger partial charge in [-0.15, -0.1) is 0 Å². The van der Waals surface area contributed by atoms with Crippen molar-refractivity contribution in [1.29, 1.82) is 0 Å². The van der Waals surface area contributed by atoms with E-state index in [2.05, 4.69) is 58.8 Å². The van der Waals surface area contributed by atoms with Crippen molar-refractivity contribution in [2.75, 3.05) is 11.9 Å². The second-order valence-corrected chi connectivity index (χ2v) is 7.49. The highest BCUT2D eigenvalue weighted by Crippen LogP contribution is 2.26. The summed E-state index contributed by atoms with van der Waals surface area (Å²) in [5, 5.41) is 22.6. The van der Waals surface area contributed by atoms with Crippen molar-refractivity contribution in [3.63, 3.8) is 0 Å². The smallest absolute Gasteiger partial charge is 0.135 e. The minimum atomic E-state index is -0.255.